The van der Waals surface area contributed by atoms with Gasteiger partial charge in [-0.1, -0.05) is 49.4 Å². The van der Waals surface area contributed by atoms with E-state index in [1.165, 1.54) is 17.3 Å². The number of hydrogen-bond donors (Lipinski definition) is 0. The van der Waals surface area contributed by atoms with E-state index in [0.29, 0.717) is 17.9 Å². The second-order valence-corrected chi connectivity index (χ2v) is 6.58. The zero-order valence-corrected chi connectivity index (χ0v) is 14.1. The Morgan fingerprint density at radius 1 is 1.14 bits per heavy atom. The number of hydrogen-bond acceptors (Lipinski definition) is 4. The highest BCUT2D eigenvalue weighted by Gasteiger charge is 2.30. The summed E-state index contributed by atoms with van der Waals surface area (Å²) in [7, 11) is 0. The molecule has 0 heterocycles. The van der Waals surface area contributed by atoms with E-state index in [1.807, 2.05) is 24.3 Å². The SMILES string of the molecule is CCCc1ccc(C(=O)SCC(C)(C)C(=O)OCC)cc1. The fourth-order valence-corrected chi connectivity index (χ4v) is 2.72. The van der Waals surface area contributed by atoms with Gasteiger partial charge in [0.05, 0.1) is 12.0 Å². The van der Waals surface area contributed by atoms with E-state index in [2.05, 4.69) is 6.92 Å². The smallest absolute Gasteiger partial charge is 0.312 e. The van der Waals surface area contributed by atoms with Crippen LogP contribution in [0.3, 0.4) is 0 Å². The molecule has 0 aromatic heterocycles. The summed E-state index contributed by atoms with van der Waals surface area (Å²) in [5.41, 5.74) is 1.27. The molecular weight excluding hydrogens is 284 g/mol. The molecule has 0 N–H and O–H groups in total. The third-order valence-corrected chi connectivity index (χ3v) is 4.48. The van der Waals surface area contributed by atoms with Gasteiger partial charge in [-0.15, -0.1) is 0 Å². The summed E-state index contributed by atoms with van der Waals surface area (Å²) >= 11 is 1.17. The molecule has 0 saturated carbocycles. The summed E-state index contributed by atoms with van der Waals surface area (Å²) < 4.78 is 5.02. The van der Waals surface area contributed by atoms with Gasteiger partial charge in [0, 0.05) is 11.3 Å². The molecule has 4 heteroatoms. The van der Waals surface area contributed by atoms with Crippen LogP contribution < -0.4 is 0 Å². The van der Waals surface area contributed by atoms with Crippen molar-refractivity contribution >= 4 is 22.8 Å². The Hall–Kier alpha value is -1.29. The van der Waals surface area contributed by atoms with Crippen molar-refractivity contribution in [1.82, 2.24) is 0 Å². The molecule has 0 spiro atoms. The van der Waals surface area contributed by atoms with Crippen LogP contribution in [0.25, 0.3) is 0 Å². The molecule has 0 fully saturated rings. The van der Waals surface area contributed by atoms with E-state index in [4.69, 9.17) is 4.74 Å². The minimum absolute atomic E-state index is 0.00424. The van der Waals surface area contributed by atoms with E-state index < -0.39 is 5.41 Å². The molecule has 1 aromatic carbocycles. The van der Waals surface area contributed by atoms with Crippen LogP contribution in [0.2, 0.25) is 0 Å². The van der Waals surface area contributed by atoms with Gasteiger partial charge in [-0.2, -0.15) is 0 Å². The highest BCUT2D eigenvalue weighted by Crippen LogP contribution is 2.26. The second-order valence-electron chi connectivity index (χ2n) is 5.63. The average molecular weight is 308 g/mol. The summed E-state index contributed by atoms with van der Waals surface area (Å²) in [6.07, 6.45) is 2.12. The first-order valence-electron chi connectivity index (χ1n) is 7.34. The largest absolute Gasteiger partial charge is 0.466 e. The topological polar surface area (TPSA) is 43.4 Å². The van der Waals surface area contributed by atoms with Crippen LogP contribution >= 0.6 is 11.8 Å². The Kier molecular flexibility index (Phi) is 6.96. The summed E-state index contributed by atoms with van der Waals surface area (Å²) in [4.78, 5) is 23.9. The highest BCUT2D eigenvalue weighted by atomic mass is 32.2. The Bertz CT molecular complexity index is 477. The van der Waals surface area contributed by atoms with Gasteiger partial charge in [-0.3, -0.25) is 9.59 Å². The first-order valence-corrected chi connectivity index (χ1v) is 8.32. The standard InChI is InChI=1S/C17H24O3S/c1-5-7-13-8-10-14(11-9-13)15(18)21-12-17(3,4)16(19)20-6-2/h8-11H,5-7,12H2,1-4H3. The van der Waals surface area contributed by atoms with E-state index in [0.717, 1.165) is 12.8 Å². The number of esters is 1. The van der Waals surface area contributed by atoms with Crippen molar-refractivity contribution in [2.75, 3.05) is 12.4 Å². The Labute approximate surface area is 131 Å². The lowest BCUT2D eigenvalue weighted by Crippen LogP contribution is -2.29. The maximum atomic E-state index is 12.2. The monoisotopic (exact) mass is 308 g/mol. The molecular formula is C17H24O3S. The fourth-order valence-electron chi connectivity index (χ4n) is 1.81. The van der Waals surface area contributed by atoms with Gasteiger partial charge in [0.2, 0.25) is 5.12 Å². The number of aryl methyl sites for hydroxylation is 1. The van der Waals surface area contributed by atoms with Crippen molar-refractivity contribution in [1.29, 1.82) is 0 Å². The molecule has 21 heavy (non-hydrogen) atoms. The van der Waals surface area contributed by atoms with Crippen LogP contribution in [-0.2, 0) is 16.0 Å². The minimum atomic E-state index is -0.654. The van der Waals surface area contributed by atoms with Crippen LogP contribution in [0, 0.1) is 5.41 Å². The number of ether oxygens (including phenoxy) is 1. The van der Waals surface area contributed by atoms with Crippen LogP contribution in [0.1, 0.15) is 50.0 Å². The number of rotatable bonds is 7. The van der Waals surface area contributed by atoms with Crippen molar-refractivity contribution in [3.63, 3.8) is 0 Å². The number of carbonyl (C=O) groups excluding carboxylic acids is 2. The predicted octanol–water partition coefficient (Wildman–Crippen LogP) is 4.10. The van der Waals surface area contributed by atoms with Crippen molar-refractivity contribution in [3.05, 3.63) is 35.4 Å². The van der Waals surface area contributed by atoms with Crippen molar-refractivity contribution in [3.8, 4) is 0 Å². The molecule has 0 aliphatic rings. The Morgan fingerprint density at radius 2 is 1.76 bits per heavy atom. The lowest BCUT2D eigenvalue weighted by Gasteiger charge is -2.21. The first kappa shape index (κ1) is 17.8. The van der Waals surface area contributed by atoms with Crippen molar-refractivity contribution in [2.45, 2.75) is 40.5 Å². The van der Waals surface area contributed by atoms with Gasteiger partial charge in [0.15, 0.2) is 0 Å². The number of benzene rings is 1. The lowest BCUT2D eigenvalue weighted by molar-refractivity contribution is -0.152. The van der Waals surface area contributed by atoms with E-state index in [9.17, 15) is 9.59 Å². The fraction of sp³-hybridized carbons (Fsp3) is 0.529. The molecule has 3 nitrogen and oxygen atoms in total. The number of thioether (sulfide) groups is 1. The van der Waals surface area contributed by atoms with Crippen LogP contribution in [0.4, 0.5) is 0 Å². The molecule has 0 aliphatic heterocycles. The van der Waals surface area contributed by atoms with E-state index in [1.54, 1.807) is 20.8 Å². The van der Waals surface area contributed by atoms with Gasteiger partial charge in [-0.05, 0) is 32.8 Å². The highest BCUT2D eigenvalue weighted by molar-refractivity contribution is 8.14. The van der Waals surface area contributed by atoms with E-state index in [-0.39, 0.29) is 11.1 Å². The molecule has 0 radical (unpaired) electrons. The molecule has 116 valence electrons. The maximum Gasteiger partial charge on any atom is 0.312 e. The summed E-state index contributed by atoms with van der Waals surface area (Å²) in [6, 6.07) is 7.71. The van der Waals surface area contributed by atoms with Gasteiger partial charge in [-0.25, -0.2) is 0 Å². The second kappa shape index (κ2) is 8.23. The molecule has 0 unspecified atom stereocenters. The average Bonchev–Trinajstić information content (AvgIpc) is 2.46. The third kappa shape index (κ3) is 5.54. The molecule has 0 saturated heterocycles. The predicted molar refractivity (Wildman–Crippen MR) is 87.6 cm³/mol. The quantitative estimate of drug-likeness (QED) is 0.711. The zero-order chi connectivity index (χ0) is 15.9. The van der Waals surface area contributed by atoms with Crippen molar-refractivity contribution in [2.24, 2.45) is 5.41 Å². The molecule has 0 bridgehead atoms. The Morgan fingerprint density at radius 3 is 2.29 bits per heavy atom. The molecule has 1 rings (SSSR count). The lowest BCUT2D eigenvalue weighted by atomic mass is 9.97. The zero-order valence-electron chi connectivity index (χ0n) is 13.3. The van der Waals surface area contributed by atoms with Gasteiger partial charge >= 0.3 is 5.97 Å². The summed E-state index contributed by atoms with van der Waals surface area (Å²) in [5.74, 6) is 0.157. The third-order valence-electron chi connectivity index (χ3n) is 3.12. The Balaban J connectivity index is 2.58. The van der Waals surface area contributed by atoms with Gasteiger partial charge in [0.25, 0.3) is 0 Å². The van der Waals surface area contributed by atoms with Gasteiger partial charge < -0.3 is 4.74 Å². The number of carbonyl (C=O) groups is 2. The molecule has 0 atom stereocenters. The minimum Gasteiger partial charge on any atom is -0.466 e. The van der Waals surface area contributed by atoms with Crippen molar-refractivity contribution < 1.29 is 14.3 Å². The molecule has 0 amide bonds. The van der Waals surface area contributed by atoms with Crippen LogP contribution in [0.15, 0.2) is 24.3 Å². The van der Waals surface area contributed by atoms with Crippen LogP contribution in [-0.4, -0.2) is 23.4 Å². The summed E-state index contributed by atoms with van der Waals surface area (Å²) in [6.45, 7) is 7.88. The molecule has 0 aliphatic carbocycles. The normalized spacial score (nSPS) is 11.2. The van der Waals surface area contributed by atoms with Gasteiger partial charge in [0.1, 0.15) is 0 Å². The first-order chi connectivity index (χ1) is 9.90. The maximum absolute atomic E-state index is 12.2. The van der Waals surface area contributed by atoms with E-state index >= 15 is 0 Å². The molecule has 1 aromatic rings. The summed E-state index contributed by atoms with van der Waals surface area (Å²) in [5, 5.41) is -0.00424. The van der Waals surface area contributed by atoms with Crippen LogP contribution in [0.5, 0.6) is 0 Å².